The molecule has 104 valence electrons. The van der Waals surface area contributed by atoms with Crippen molar-refractivity contribution in [2.24, 2.45) is 5.92 Å². The Balaban J connectivity index is 1.52. The fourth-order valence-electron chi connectivity index (χ4n) is 3.53. The molecule has 1 aliphatic heterocycles. The molecule has 2 fully saturated rings. The van der Waals surface area contributed by atoms with Crippen molar-refractivity contribution < 1.29 is 4.90 Å². The van der Waals surface area contributed by atoms with Crippen LogP contribution in [0.4, 0.5) is 5.95 Å². The van der Waals surface area contributed by atoms with Crippen LogP contribution < -0.4 is 9.80 Å². The largest absolute Gasteiger partial charge is 0.330 e. The van der Waals surface area contributed by atoms with Crippen LogP contribution in [0.2, 0.25) is 0 Å². The lowest BCUT2D eigenvalue weighted by Gasteiger charge is -2.38. The van der Waals surface area contributed by atoms with Crippen LogP contribution in [0.25, 0.3) is 0 Å². The molecule has 0 atom stereocenters. The summed E-state index contributed by atoms with van der Waals surface area (Å²) in [5.41, 5.74) is 0. The monoisotopic (exact) mass is 261 g/mol. The highest BCUT2D eigenvalue weighted by atomic mass is 15.3. The van der Waals surface area contributed by atoms with E-state index in [0.717, 1.165) is 31.0 Å². The lowest BCUT2D eigenvalue weighted by Crippen LogP contribution is -3.18. The summed E-state index contributed by atoms with van der Waals surface area (Å²) in [7, 11) is 0. The summed E-state index contributed by atoms with van der Waals surface area (Å²) in [6, 6.07) is 2.80. The lowest BCUT2D eigenvalue weighted by molar-refractivity contribution is -0.927. The van der Waals surface area contributed by atoms with E-state index in [1.54, 1.807) is 0 Å². The Bertz CT molecular complexity index is 378. The van der Waals surface area contributed by atoms with Gasteiger partial charge in [-0.1, -0.05) is 6.92 Å². The van der Waals surface area contributed by atoms with Gasteiger partial charge in [0.15, 0.2) is 0 Å². The molecule has 2 heterocycles. The molecule has 0 amide bonds. The molecule has 1 saturated carbocycles. The fourth-order valence-corrected chi connectivity index (χ4v) is 3.53. The average Bonchev–Trinajstić information content (AvgIpc) is 2.49. The molecule has 1 N–H and O–H groups in total. The van der Waals surface area contributed by atoms with Gasteiger partial charge in [-0.15, -0.1) is 0 Å². The molecule has 2 aliphatic rings. The van der Waals surface area contributed by atoms with Crippen molar-refractivity contribution in [2.75, 3.05) is 31.1 Å². The summed E-state index contributed by atoms with van der Waals surface area (Å²) in [6.07, 6.45) is 9.39. The standard InChI is InChI=1S/C15H24N4/c1-13-3-5-14(6-4-13)18-9-11-19(12-10-18)15-16-7-2-8-17-15/h2,7-8,13-14H,3-6,9-12H2,1H3/p+1. The van der Waals surface area contributed by atoms with E-state index in [9.17, 15) is 0 Å². The highest BCUT2D eigenvalue weighted by Crippen LogP contribution is 2.22. The van der Waals surface area contributed by atoms with Crippen LogP contribution in [0.15, 0.2) is 18.5 Å². The van der Waals surface area contributed by atoms with Crippen molar-refractivity contribution in [1.29, 1.82) is 0 Å². The summed E-state index contributed by atoms with van der Waals surface area (Å²) >= 11 is 0. The maximum absolute atomic E-state index is 4.36. The number of hydrogen-bond acceptors (Lipinski definition) is 3. The Hall–Kier alpha value is -1.16. The summed E-state index contributed by atoms with van der Waals surface area (Å²) in [4.78, 5) is 12.9. The van der Waals surface area contributed by atoms with Gasteiger partial charge in [0.1, 0.15) is 0 Å². The van der Waals surface area contributed by atoms with Gasteiger partial charge in [-0.05, 0) is 37.7 Å². The van der Waals surface area contributed by atoms with E-state index in [1.165, 1.54) is 38.8 Å². The Kier molecular flexibility index (Phi) is 3.97. The van der Waals surface area contributed by atoms with E-state index >= 15 is 0 Å². The first-order valence-electron chi connectivity index (χ1n) is 7.69. The summed E-state index contributed by atoms with van der Waals surface area (Å²) in [6.45, 7) is 7.10. The van der Waals surface area contributed by atoms with Crippen LogP contribution in [-0.2, 0) is 0 Å². The summed E-state index contributed by atoms with van der Waals surface area (Å²) in [5, 5.41) is 0. The minimum atomic E-state index is 0.902. The molecule has 0 radical (unpaired) electrons. The Morgan fingerprint density at radius 3 is 2.32 bits per heavy atom. The molecule has 1 saturated heterocycles. The quantitative estimate of drug-likeness (QED) is 0.853. The predicted molar refractivity (Wildman–Crippen MR) is 76.4 cm³/mol. The molecular formula is C15H25N4+. The fraction of sp³-hybridized carbons (Fsp3) is 0.733. The van der Waals surface area contributed by atoms with Gasteiger partial charge in [-0.25, -0.2) is 9.97 Å². The van der Waals surface area contributed by atoms with Gasteiger partial charge in [0.05, 0.1) is 32.2 Å². The topological polar surface area (TPSA) is 33.5 Å². The third kappa shape index (κ3) is 3.06. The lowest BCUT2D eigenvalue weighted by atomic mass is 9.86. The molecule has 19 heavy (non-hydrogen) atoms. The number of aromatic nitrogens is 2. The van der Waals surface area contributed by atoms with Crippen molar-refractivity contribution >= 4 is 5.95 Å². The van der Waals surface area contributed by atoms with Crippen molar-refractivity contribution in [1.82, 2.24) is 9.97 Å². The van der Waals surface area contributed by atoms with E-state index in [1.807, 2.05) is 23.4 Å². The van der Waals surface area contributed by atoms with Gasteiger partial charge in [0.2, 0.25) is 5.95 Å². The van der Waals surface area contributed by atoms with Crippen LogP contribution in [0.3, 0.4) is 0 Å². The van der Waals surface area contributed by atoms with Crippen LogP contribution in [0.5, 0.6) is 0 Å². The molecule has 0 unspecified atom stereocenters. The molecule has 1 aromatic heterocycles. The number of hydrogen-bond donors (Lipinski definition) is 1. The smallest absolute Gasteiger partial charge is 0.225 e. The van der Waals surface area contributed by atoms with E-state index in [2.05, 4.69) is 21.8 Å². The number of nitrogens with zero attached hydrogens (tertiary/aromatic N) is 3. The normalized spacial score (nSPS) is 29.4. The van der Waals surface area contributed by atoms with Gasteiger partial charge < -0.3 is 9.80 Å². The molecular weight excluding hydrogens is 236 g/mol. The minimum Gasteiger partial charge on any atom is -0.330 e. The van der Waals surface area contributed by atoms with E-state index in [0.29, 0.717) is 0 Å². The Labute approximate surface area is 115 Å². The molecule has 1 aliphatic carbocycles. The first-order chi connectivity index (χ1) is 9.33. The number of rotatable bonds is 2. The van der Waals surface area contributed by atoms with Gasteiger partial charge in [-0.2, -0.15) is 0 Å². The van der Waals surface area contributed by atoms with Crippen molar-refractivity contribution in [3.63, 3.8) is 0 Å². The van der Waals surface area contributed by atoms with Crippen molar-refractivity contribution in [3.05, 3.63) is 18.5 Å². The summed E-state index contributed by atoms with van der Waals surface area (Å²) in [5.74, 6) is 1.86. The van der Waals surface area contributed by atoms with E-state index < -0.39 is 0 Å². The van der Waals surface area contributed by atoms with Crippen molar-refractivity contribution in [3.8, 4) is 0 Å². The van der Waals surface area contributed by atoms with Crippen molar-refractivity contribution in [2.45, 2.75) is 38.6 Å². The van der Waals surface area contributed by atoms with Gasteiger partial charge >= 0.3 is 0 Å². The SMILES string of the molecule is CC1CCC([NH+]2CCN(c3ncccn3)CC2)CC1. The Morgan fingerprint density at radius 2 is 1.68 bits per heavy atom. The first kappa shape index (κ1) is 12.9. The maximum atomic E-state index is 4.36. The number of piperazine rings is 1. The summed E-state index contributed by atoms with van der Waals surface area (Å²) < 4.78 is 0. The predicted octanol–water partition coefficient (Wildman–Crippen LogP) is 0.760. The maximum Gasteiger partial charge on any atom is 0.225 e. The Morgan fingerprint density at radius 1 is 1.05 bits per heavy atom. The molecule has 0 spiro atoms. The molecule has 4 heteroatoms. The van der Waals surface area contributed by atoms with Gasteiger partial charge in [-0.3, -0.25) is 0 Å². The molecule has 0 aromatic carbocycles. The second-order valence-corrected chi connectivity index (χ2v) is 6.15. The zero-order chi connectivity index (χ0) is 13.1. The molecule has 0 bridgehead atoms. The molecule has 3 rings (SSSR count). The van der Waals surface area contributed by atoms with Crippen LogP contribution in [0, 0.1) is 5.92 Å². The van der Waals surface area contributed by atoms with Crippen LogP contribution in [0.1, 0.15) is 32.6 Å². The highest BCUT2D eigenvalue weighted by molar-refractivity contribution is 5.28. The number of quaternary nitrogens is 1. The van der Waals surface area contributed by atoms with E-state index in [-0.39, 0.29) is 0 Å². The third-order valence-corrected chi connectivity index (χ3v) is 4.83. The minimum absolute atomic E-state index is 0.902. The van der Waals surface area contributed by atoms with E-state index in [4.69, 9.17) is 0 Å². The zero-order valence-corrected chi connectivity index (χ0v) is 11.9. The molecule has 4 nitrogen and oxygen atoms in total. The van der Waals surface area contributed by atoms with Gasteiger partial charge in [0.25, 0.3) is 0 Å². The molecule has 1 aromatic rings. The van der Waals surface area contributed by atoms with Crippen LogP contribution >= 0.6 is 0 Å². The number of anilines is 1. The van der Waals surface area contributed by atoms with Gasteiger partial charge in [0, 0.05) is 12.4 Å². The number of nitrogens with one attached hydrogen (secondary N) is 1. The zero-order valence-electron chi connectivity index (χ0n) is 11.9. The second kappa shape index (κ2) is 5.87. The first-order valence-corrected chi connectivity index (χ1v) is 7.69. The third-order valence-electron chi connectivity index (χ3n) is 4.83. The highest BCUT2D eigenvalue weighted by Gasteiger charge is 2.30. The average molecular weight is 261 g/mol. The second-order valence-electron chi connectivity index (χ2n) is 6.15. The van der Waals surface area contributed by atoms with Crippen LogP contribution in [-0.4, -0.2) is 42.2 Å².